The Morgan fingerprint density at radius 1 is 0.943 bits per heavy atom. The van der Waals surface area contributed by atoms with Crippen LogP contribution in [0.1, 0.15) is 26.9 Å². The highest BCUT2D eigenvalue weighted by Crippen LogP contribution is 2.39. The molecule has 1 fully saturated rings. The first-order valence-electron chi connectivity index (χ1n) is 10.6. The molecule has 6 nitrogen and oxygen atoms in total. The molecular formula is C25H18Cl2N4O2S2. The standard InChI is InChI=1S/C25H18Cl2N4O2S2/c26-19-9-1-15(2-10-19)13-31-21(32)14-34-24(31)18-5-3-16(4-6-18)22(33)28-25-30-29-23(35-25)17-7-11-20(27)12-8-17/h1-12,24H,13-14H2,(H,28,30,33)/t24-/m1/s1. The molecule has 1 atom stereocenters. The number of hydrogen-bond donors (Lipinski definition) is 1. The van der Waals surface area contributed by atoms with Crippen molar-refractivity contribution in [2.24, 2.45) is 0 Å². The van der Waals surface area contributed by atoms with Crippen LogP contribution in [0.5, 0.6) is 0 Å². The average molecular weight is 541 g/mol. The molecule has 2 heterocycles. The molecule has 10 heteroatoms. The van der Waals surface area contributed by atoms with Crippen molar-refractivity contribution in [3.63, 3.8) is 0 Å². The van der Waals surface area contributed by atoms with E-state index in [9.17, 15) is 9.59 Å². The van der Waals surface area contributed by atoms with Crippen LogP contribution in [-0.4, -0.2) is 32.7 Å². The molecular weight excluding hydrogens is 523 g/mol. The second-order valence-corrected chi connectivity index (χ2v) is 10.7. The van der Waals surface area contributed by atoms with Crippen LogP contribution in [-0.2, 0) is 11.3 Å². The van der Waals surface area contributed by atoms with Gasteiger partial charge in [-0.1, -0.05) is 70.9 Å². The number of benzene rings is 3. The zero-order chi connectivity index (χ0) is 24.4. The van der Waals surface area contributed by atoms with Gasteiger partial charge in [0.1, 0.15) is 10.4 Å². The first-order valence-corrected chi connectivity index (χ1v) is 13.2. The molecule has 2 amide bonds. The molecule has 1 aliphatic heterocycles. The number of nitrogens with zero attached hydrogens (tertiary/aromatic N) is 3. The summed E-state index contributed by atoms with van der Waals surface area (Å²) in [6.07, 6.45) is 0. The Kier molecular flexibility index (Phi) is 7.06. The topological polar surface area (TPSA) is 75.2 Å². The van der Waals surface area contributed by atoms with E-state index in [0.717, 1.165) is 16.7 Å². The van der Waals surface area contributed by atoms with Crippen LogP contribution in [0.3, 0.4) is 0 Å². The molecule has 0 saturated carbocycles. The summed E-state index contributed by atoms with van der Waals surface area (Å²) in [5.74, 6) is 0.237. The van der Waals surface area contributed by atoms with Crippen LogP contribution in [0.2, 0.25) is 10.0 Å². The smallest absolute Gasteiger partial charge is 0.257 e. The van der Waals surface area contributed by atoms with Gasteiger partial charge in [0.15, 0.2) is 0 Å². The van der Waals surface area contributed by atoms with E-state index in [1.54, 1.807) is 36.0 Å². The first kappa shape index (κ1) is 23.8. The quantitative estimate of drug-likeness (QED) is 0.300. The van der Waals surface area contributed by atoms with Crippen LogP contribution in [0.4, 0.5) is 5.13 Å². The van der Waals surface area contributed by atoms with E-state index in [4.69, 9.17) is 23.2 Å². The molecule has 176 valence electrons. The lowest BCUT2D eigenvalue weighted by Gasteiger charge is -2.24. The van der Waals surface area contributed by atoms with Gasteiger partial charge in [0.25, 0.3) is 5.91 Å². The van der Waals surface area contributed by atoms with Crippen molar-refractivity contribution < 1.29 is 9.59 Å². The van der Waals surface area contributed by atoms with Gasteiger partial charge in [0, 0.05) is 27.7 Å². The molecule has 0 radical (unpaired) electrons. The van der Waals surface area contributed by atoms with Crippen LogP contribution < -0.4 is 5.32 Å². The SMILES string of the molecule is O=C(Nc1nnc(-c2ccc(Cl)cc2)s1)c1ccc([C@H]2SCC(=O)N2Cc2ccc(Cl)cc2)cc1. The van der Waals surface area contributed by atoms with E-state index >= 15 is 0 Å². The molecule has 4 aromatic rings. The number of rotatable bonds is 6. The van der Waals surface area contributed by atoms with Crippen molar-refractivity contribution in [2.75, 3.05) is 11.1 Å². The summed E-state index contributed by atoms with van der Waals surface area (Å²) >= 11 is 14.8. The summed E-state index contributed by atoms with van der Waals surface area (Å²) in [4.78, 5) is 27.1. The molecule has 5 rings (SSSR count). The molecule has 35 heavy (non-hydrogen) atoms. The molecule has 1 aromatic heterocycles. The van der Waals surface area contributed by atoms with E-state index in [1.165, 1.54) is 11.3 Å². The third-order valence-electron chi connectivity index (χ3n) is 5.43. The van der Waals surface area contributed by atoms with Crippen molar-refractivity contribution in [1.82, 2.24) is 15.1 Å². The summed E-state index contributed by atoms with van der Waals surface area (Å²) in [6, 6.07) is 22.1. The highest BCUT2D eigenvalue weighted by Gasteiger charge is 2.32. The van der Waals surface area contributed by atoms with Gasteiger partial charge in [-0.25, -0.2) is 0 Å². The van der Waals surface area contributed by atoms with Gasteiger partial charge >= 0.3 is 0 Å². The van der Waals surface area contributed by atoms with Crippen molar-refractivity contribution in [1.29, 1.82) is 0 Å². The first-order chi connectivity index (χ1) is 17.0. The van der Waals surface area contributed by atoms with Gasteiger partial charge in [-0.05, 0) is 47.5 Å². The van der Waals surface area contributed by atoms with E-state index < -0.39 is 0 Å². The fourth-order valence-corrected chi connectivity index (χ4v) is 5.82. The molecule has 0 spiro atoms. The van der Waals surface area contributed by atoms with Crippen molar-refractivity contribution >= 4 is 63.2 Å². The van der Waals surface area contributed by atoms with Gasteiger partial charge < -0.3 is 4.90 Å². The Morgan fingerprint density at radius 2 is 1.60 bits per heavy atom. The predicted molar refractivity (Wildman–Crippen MR) is 142 cm³/mol. The highest BCUT2D eigenvalue weighted by atomic mass is 35.5. The zero-order valence-electron chi connectivity index (χ0n) is 18.2. The van der Waals surface area contributed by atoms with Gasteiger partial charge in [-0.3, -0.25) is 14.9 Å². The van der Waals surface area contributed by atoms with Crippen LogP contribution >= 0.6 is 46.3 Å². The number of nitrogens with one attached hydrogen (secondary N) is 1. The maximum absolute atomic E-state index is 12.8. The molecule has 0 aliphatic carbocycles. The number of halogens is 2. The summed E-state index contributed by atoms with van der Waals surface area (Å²) in [6.45, 7) is 0.503. The number of carbonyl (C=O) groups excluding carboxylic acids is 2. The minimum Gasteiger partial charge on any atom is -0.322 e. The largest absolute Gasteiger partial charge is 0.322 e. The van der Waals surface area contributed by atoms with Crippen molar-refractivity contribution in [3.8, 4) is 10.6 Å². The number of hydrogen-bond acceptors (Lipinski definition) is 6. The van der Waals surface area contributed by atoms with E-state index in [-0.39, 0.29) is 17.2 Å². The molecule has 1 aliphatic rings. The lowest BCUT2D eigenvalue weighted by molar-refractivity contribution is -0.128. The number of aromatic nitrogens is 2. The zero-order valence-corrected chi connectivity index (χ0v) is 21.3. The van der Waals surface area contributed by atoms with E-state index in [1.807, 2.05) is 53.4 Å². The lowest BCUT2D eigenvalue weighted by Crippen LogP contribution is -2.27. The van der Waals surface area contributed by atoms with Crippen LogP contribution in [0, 0.1) is 0 Å². The summed E-state index contributed by atoms with van der Waals surface area (Å²) in [5, 5.41) is 13.3. The Balaban J connectivity index is 1.26. The Hall–Kier alpha value is -2.91. The Labute approximate surface area is 220 Å². The van der Waals surface area contributed by atoms with Crippen molar-refractivity contribution in [3.05, 3.63) is 99.5 Å². The second-order valence-electron chi connectivity index (χ2n) is 7.81. The fraction of sp³-hybridized carbons (Fsp3) is 0.120. The molecule has 0 unspecified atom stereocenters. The fourth-order valence-electron chi connectivity index (χ4n) is 3.64. The van der Waals surface area contributed by atoms with Gasteiger partial charge in [0.05, 0.1) is 5.75 Å². The number of thioether (sulfide) groups is 1. The molecule has 3 aromatic carbocycles. The predicted octanol–water partition coefficient (Wildman–Crippen LogP) is 6.54. The number of anilines is 1. The summed E-state index contributed by atoms with van der Waals surface area (Å²) < 4.78 is 0. The normalized spacial score (nSPS) is 15.4. The Bertz CT molecular complexity index is 1360. The third kappa shape index (κ3) is 5.51. The van der Waals surface area contributed by atoms with E-state index in [2.05, 4.69) is 15.5 Å². The van der Waals surface area contributed by atoms with E-state index in [0.29, 0.717) is 38.0 Å². The summed E-state index contributed by atoms with van der Waals surface area (Å²) in [5.41, 5.74) is 3.35. The Morgan fingerprint density at radius 3 is 2.29 bits per heavy atom. The molecule has 1 N–H and O–H groups in total. The average Bonchev–Trinajstić information content (AvgIpc) is 3.48. The minimum absolute atomic E-state index is 0.0875. The highest BCUT2D eigenvalue weighted by molar-refractivity contribution is 8.00. The van der Waals surface area contributed by atoms with Crippen molar-refractivity contribution in [2.45, 2.75) is 11.9 Å². The minimum atomic E-state index is -0.275. The number of amides is 2. The maximum Gasteiger partial charge on any atom is 0.257 e. The van der Waals surface area contributed by atoms with Crippen LogP contribution in [0.25, 0.3) is 10.6 Å². The molecule has 0 bridgehead atoms. The van der Waals surface area contributed by atoms with Crippen LogP contribution in [0.15, 0.2) is 72.8 Å². The third-order valence-corrected chi connectivity index (χ3v) is 8.08. The molecule has 1 saturated heterocycles. The number of carbonyl (C=O) groups is 2. The summed E-state index contributed by atoms with van der Waals surface area (Å²) in [7, 11) is 0. The lowest BCUT2D eigenvalue weighted by atomic mass is 10.1. The maximum atomic E-state index is 12.8. The monoisotopic (exact) mass is 540 g/mol. The van der Waals surface area contributed by atoms with Gasteiger partial charge in [-0.2, -0.15) is 0 Å². The second kappa shape index (κ2) is 10.4. The van der Waals surface area contributed by atoms with Gasteiger partial charge in [0.2, 0.25) is 11.0 Å². The van der Waals surface area contributed by atoms with Gasteiger partial charge in [-0.15, -0.1) is 22.0 Å².